The summed E-state index contributed by atoms with van der Waals surface area (Å²) in [6, 6.07) is 108. The summed E-state index contributed by atoms with van der Waals surface area (Å²) in [7, 11) is 0. The van der Waals surface area contributed by atoms with Crippen LogP contribution in [0.4, 0.5) is 51.2 Å². The molecule has 0 radical (unpaired) electrons. The highest BCUT2D eigenvalue weighted by atomic mass is 15.2. The van der Waals surface area contributed by atoms with Crippen molar-refractivity contribution in [3.63, 3.8) is 0 Å². The van der Waals surface area contributed by atoms with Crippen LogP contribution in [0.1, 0.15) is 62.1 Å². The van der Waals surface area contributed by atoms with Gasteiger partial charge in [-0.2, -0.15) is 0 Å². The average Bonchev–Trinajstić information content (AvgIpc) is 0.987. The van der Waals surface area contributed by atoms with E-state index in [1.807, 2.05) is 0 Å². The van der Waals surface area contributed by atoms with Crippen LogP contribution in [0.5, 0.6) is 0 Å². The van der Waals surface area contributed by atoms with Gasteiger partial charge in [0.1, 0.15) is 0 Å². The minimum Gasteiger partial charge on any atom is -0.311 e. The molecular weight excluding hydrogens is 1040 g/mol. The molecule has 0 aromatic heterocycles. The molecule has 3 heterocycles. The average molecular weight is 1100 g/mol. The molecule has 2 bridgehead atoms. The van der Waals surface area contributed by atoms with Crippen molar-refractivity contribution in [3.8, 4) is 55.6 Å². The largest absolute Gasteiger partial charge is 0.311 e. The van der Waals surface area contributed by atoms with Crippen molar-refractivity contribution in [1.82, 2.24) is 0 Å². The Morgan fingerprint density at radius 3 is 1.33 bits per heavy atom. The predicted octanol–water partition coefficient (Wildman–Crippen LogP) is 20.1. The van der Waals surface area contributed by atoms with E-state index in [1.165, 1.54) is 149 Å². The van der Waals surface area contributed by atoms with Crippen molar-refractivity contribution < 1.29 is 0 Å². The van der Waals surface area contributed by atoms with Crippen LogP contribution in [-0.2, 0) is 5.41 Å². The third-order valence-electron chi connectivity index (χ3n) is 20.0. The summed E-state index contributed by atoms with van der Waals surface area (Å²) in [5.74, 6) is 2.33. The highest BCUT2D eigenvalue weighted by Crippen LogP contribution is 2.57. The number of nitrogens with zero attached hydrogens (tertiary/aromatic N) is 3. The maximum atomic E-state index is 2.63. The summed E-state index contributed by atoms with van der Waals surface area (Å²) in [4.78, 5) is 7.78. The van der Waals surface area contributed by atoms with E-state index >= 15 is 0 Å². The Bertz CT molecular complexity index is 4480. The van der Waals surface area contributed by atoms with E-state index in [0.29, 0.717) is 5.92 Å². The quantitative estimate of drug-likeness (QED) is 0.133. The van der Waals surface area contributed by atoms with E-state index in [2.05, 4.69) is 314 Å². The molecule has 2 saturated carbocycles. The summed E-state index contributed by atoms with van der Waals surface area (Å²) < 4.78 is 0. The number of anilines is 9. The van der Waals surface area contributed by atoms with Gasteiger partial charge >= 0.3 is 0 Å². The number of benzene rings is 12. The Hall–Kier alpha value is -9.90. The number of rotatable bonds is 9. The van der Waals surface area contributed by atoms with Gasteiger partial charge in [-0.25, -0.2) is 0 Å². The smallest absolute Gasteiger partial charge is 0.252 e. The van der Waals surface area contributed by atoms with Gasteiger partial charge in [-0.3, -0.25) is 0 Å². The summed E-state index contributed by atoms with van der Waals surface area (Å²) in [5.41, 5.74) is 30.3. The van der Waals surface area contributed by atoms with Crippen molar-refractivity contribution >= 4 is 74.3 Å². The molecule has 0 N–H and O–H groups in total. The monoisotopic (exact) mass is 1100 g/mol. The summed E-state index contributed by atoms with van der Waals surface area (Å²) in [5, 5.41) is 0. The maximum Gasteiger partial charge on any atom is 0.252 e. The molecular formula is C82H64BN3. The fraction of sp³-hybridized carbons (Fsp3) is 0.122. The molecule has 3 aliphatic heterocycles. The van der Waals surface area contributed by atoms with Crippen molar-refractivity contribution in [1.29, 1.82) is 0 Å². The molecule has 5 aliphatic rings. The molecule has 0 spiro atoms. The Labute approximate surface area is 506 Å². The van der Waals surface area contributed by atoms with Crippen molar-refractivity contribution in [3.05, 3.63) is 302 Å². The zero-order chi connectivity index (χ0) is 57.0. The van der Waals surface area contributed by atoms with Crippen LogP contribution in [0.15, 0.2) is 285 Å². The van der Waals surface area contributed by atoms with Gasteiger partial charge in [0.15, 0.2) is 0 Å². The molecule has 0 amide bonds. The van der Waals surface area contributed by atoms with Gasteiger partial charge in [0.25, 0.3) is 6.71 Å². The second kappa shape index (κ2) is 20.1. The molecule has 4 heteroatoms. The first-order chi connectivity index (χ1) is 42.4. The van der Waals surface area contributed by atoms with Gasteiger partial charge in [-0.05, 0) is 211 Å². The third kappa shape index (κ3) is 8.25. The number of hydrogen-bond acceptors (Lipinski definition) is 3. The van der Waals surface area contributed by atoms with Crippen molar-refractivity contribution in [2.45, 2.75) is 50.9 Å². The first-order valence-electron chi connectivity index (χ1n) is 31.0. The molecule has 17 rings (SSSR count). The van der Waals surface area contributed by atoms with Gasteiger partial charge in [0.2, 0.25) is 0 Å². The third-order valence-corrected chi connectivity index (χ3v) is 20.0. The zero-order valence-corrected chi connectivity index (χ0v) is 48.6. The Morgan fingerprint density at radius 2 is 0.791 bits per heavy atom. The fourth-order valence-electron chi connectivity index (χ4n) is 16.0. The second-order valence-electron chi connectivity index (χ2n) is 25.2. The molecule has 2 aliphatic carbocycles. The van der Waals surface area contributed by atoms with Crippen LogP contribution in [-0.4, -0.2) is 6.71 Å². The molecule has 2 fully saturated rings. The van der Waals surface area contributed by atoms with Crippen LogP contribution < -0.4 is 31.1 Å². The first-order valence-corrected chi connectivity index (χ1v) is 31.0. The number of para-hydroxylation sites is 1. The Morgan fingerprint density at radius 1 is 0.314 bits per heavy atom. The van der Waals surface area contributed by atoms with Gasteiger partial charge in [0, 0.05) is 45.2 Å². The lowest BCUT2D eigenvalue weighted by molar-refractivity contribution is 0.419. The van der Waals surface area contributed by atoms with E-state index in [0.717, 1.165) is 28.9 Å². The van der Waals surface area contributed by atoms with Crippen LogP contribution >= 0.6 is 0 Å². The molecule has 86 heavy (non-hydrogen) atoms. The Balaban J connectivity index is 0.935. The minimum absolute atomic E-state index is 0.128. The molecule has 3 atom stereocenters. The Kier molecular flexibility index (Phi) is 11.9. The highest BCUT2D eigenvalue weighted by Gasteiger charge is 2.46. The van der Waals surface area contributed by atoms with Crippen LogP contribution in [0.25, 0.3) is 55.6 Å². The SMILES string of the molecule is CC1(C)c2ccccc2N(c2ccc3c(c2)B2c4ccc(-c5ccccc5)cc4N(c4cc(-c5ccccc5)cc(-c5ccccc5)c4)c4cccc(c42)N3c2cc(-c3ccccc3)cc(-c3ccccc3)c2)c2ccc(C3CC4CCC3C4)cc21. The highest BCUT2D eigenvalue weighted by molar-refractivity contribution is 7.00. The summed E-state index contributed by atoms with van der Waals surface area (Å²) in [6.45, 7) is 4.78. The molecule has 3 unspecified atom stereocenters. The van der Waals surface area contributed by atoms with E-state index in [-0.39, 0.29) is 12.1 Å². The van der Waals surface area contributed by atoms with E-state index in [9.17, 15) is 0 Å². The fourth-order valence-corrected chi connectivity index (χ4v) is 16.0. The molecule has 410 valence electrons. The van der Waals surface area contributed by atoms with E-state index < -0.39 is 0 Å². The number of hydrogen-bond donors (Lipinski definition) is 0. The molecule has 3 nitrogen and oxygen atoms in total. The molecule has 12 aromatic carbocycles. The minimum atomic E-state index is -0.199. The van der Waals surface area contributed by atoms with Gasteiger partial charge < -0.3 is 14.7 Å². The lowest BCUT2D eigenvalue weighted by Crippen LogP contribution is -2.61. The number of fused-ring (bicyclic) bond motifs is 8. The van der Waals surface area contributed by atoms with Crippen molar-refractivity contribution in [2.24, 2.45) is 11.8 Å². The second-order valence-corrected chi connectivity index (χ2v) is 25.2. The summed E-state index contributed by atoms with van der Waals surface area (Å²) in [6.07, 6.45) is 5.50. The topological polar surface area (TPSA) is 9.72 Å². The first kappa shape index (κ1) is 50.6. The van der Waals surface area contributed by atoms with E-state index in [1.54, 1.807) is 0 Å². The van der Waals surface area contributed by atoms with E-state index in [4.69, 9.17) is 0 Å². The summed E-state index contributed by atoms with van der Waals surface area (Å²) >= 11 is 0. The predicted molar refractivity (Wildman–Crippen MR) is 363 cm³/mol. The lowest BCUT2D eigenvalue weighted by Gasteiger charge is -2.45. The van der Waals surface area contributed by atoms with Crippen molar-refractivity contribution in [2.75, 3.05) is 14.7 Å². The van der Waals surface area contributed by atoms with Gasteiger partial charge in [0.05, 0.1) is 11.4 Å². The normalized spacial score (nSPS) is 17.3. The van der Waals surface area contributed by atoms with Gasteiger partial charge in [-0.1, -0.05) is 220 Å². The van der Waals surface area contributed by atoms with Gasteiger partial charge in [-0.15, -0.1) is 0 Å². The van der Waals surface area contributed by atoms with Crippen LogP contribution in [0.2, 0.25) is 0 Å². The maximum absolute atomic E-state index is 2.63. The molecule has 12 aromatic rings. The lowest BCUT2D eigenvalue weighted by atomic mass is 9.33. The molecule has 0 saturated heterocycles. The standard InChI is InChI=1S/C82H64BN3/c1-82(2)71-31-18-19-32-75(71)84(76-41-38-62(51-72(76)82)70-44-54-35-36-61(70)43-54)67-39-42-77-74(53-67)83-73-40-37-60(55-21-8-3-9-22-55)52-80(73)86(69-49-65(58-27-14-6-15-28-58)46-66(50-69)59-29-16-7-17-30-59)79-34-20-33-78(81(79)83)85(77)68-47-63(56-23-10-4-11-24-56)45-64(48-68)57-25-12-5-13-26-57/h3-34,37-42,45-54,61,70H,35-36,43-44H2,1-2H3. The zero-order valence-electron chi connectivity index (χ0n) is 48.6. The van der Waals surface area contributed by atoms with Crippen LogP contribution in [0, 0.1) is 11.8 Å². The van der Waals surface area contributed by atoms with Crippen LogP contribution in [0.3, 0.4) is 0 Å².